The molecule has 0 radical (unpaired) electrons. The van der Waals surface area contributed by atoms with Crippen LogP contribution in [-0.2, 0) is 13.5 Å². The maximum absolute atomic E-state index is 14.2. The van der Waals surface area contributed by atoms with Crippen molar-refractivity contribution in [3.8, 4) is 17.1 Å². The lowest BCUT2D eigenvalue weighted by Gasteiger charge is -2.09. The van der Waals surface area contributed by atoms with Crippen molar-refractivity contribution in [2.45, 2.75) is 25.3 Å². The van der Waals surface area contributed by atoms with Crippen LogP contribution in [0.5, 0.6) is 5.88 Å². The molecule has 2 rings (SSSR count). The van der Waals surface area contributed by atoms with Gasteiger partial charge in [-0.2, -0.15) is 13.9 Å². The zero-order valence-electron chi connectivity index (χ0n) is 12.1. The Morgan fingerprint density at radius 3 is 2.52 bits per heavy atom. The number of hydrogen-bond donors (Lipinski definition) is 0. The minimum Gasteiger partial charge on any atom is -0.416 e. The van der Waals surface area contributed by atoms with Crippen LogP contribution in [0.25, 0.3) is 11.3 Å². The highest BCUT2D eigenvalue weighted by Gasteiger charge is 2.23. The van der Waals surface area contributed by atoms with Gasteiger partial charge in [0.15, 0.2) is 0 Å². The van der Waals surface area contributed by atoms with E-state index in [-0.39, 0.29) is 32.6 Å². The molecule has 2 aromatic rings. The van der Waals surface area contributed by atoms with E-state index >= 15 is 0 Å². The van der Waals surface area contributed by atoms with E-state index in [1.807, 2.05) is 0 Å². The first-order chi connectivity index (χ1) is 10.7. The average Bonchev–Trinajstić information content (AvgIpc) is 2.69. The van der Waals surface area contributed by atoms with E-state index in [0.29, 0.717) is 12.0 Å². The first-order valence-corrected chi connectivity index (χ1v) is 7.69. The van der Waals surface area contributed by atoms with Crippen LogP contribution in [0.3, 0.4) is 0 Å². The van der Waals surface area contributed by atoms with Gasteiger partial charge in [-0.3, -0.25) is 0 Å². The van der Waals surface area contributed by atoms with Crippen LogP contribution in [0, 0.1) is 5.82 Å². The Balaban J connectivity index is 2.54. The van der Waals surface area contributed by atoms with Crippen molar-refractivity contribution in [1.29, 1.82) is 0 Å². The Labute approximate surface area is 145 Å². The third-order valence-corrected chi connectivity index (χ3v) is 3.88. The molecule has 0 aliphatic heterocycles. The van der Waals surface area contributed by atoms with E-state index in [0.717, 1.165) is 10.7 Å². The van der Waals surface area contributed by atoms with Crippen molar-refractivity contribution in [2.75, 3.05) is 0 Å². The normalized spacial score (nSPS) is 12.7. The van der Waals surface area contributed by atoms with Crippen LogP contribution in [0.15, 0.2) is 12.1 Å². The zero-order chi connectivity index (χ0) is 17.3. The van der Waals surface area contributed by atoms with Gasteiger partial charge in [0.05, 0.1) is 0 Å². The Bertz CT molecular complexity index is 720. The summed E-state index contributed by atoms with van der Waals surface area (Å²) in [5.41, 5.74) is 0.623. The topological polar surface area (TPSA) is 27.1 Å². The molecule has 1 heterocycles. The fraction of sp³-hybridized carbons (Fsp3) is 0.357. The SMILES string of the molecule is CC(Cl)Cc1cc(-c2nn(C)c(OC(F)F)c2Cl)c(F)cc1Cl. The highest BCUT2D eigenvalue weighted by Crippen LogP contribution is 2.38. The highest BCUT2D eigenvalue weighted by atomic mass is 35.5. The molecule has 0 aliphatic carbocycles. The molecular weight excluding hydrogens is 376 g/mol. The van der Waals surface area contributed by atoms with Crippen molar-refractivity contribution in [2.24, 2.45) is 7.05 Å². The molecule has 0 saturated heterocycles. The van der Waals surface area contributed by atoms with Gasteiger partial charge in [-0.05, 0) is 31.0 Å². The first kappa shape index (κ1) is 18.2. The van der Waals surface area contributed by atoms with Crippen LogP contribution < -0.4 is 4.74 Å². The number of alkyl halides is 3. The molecule has 0 fully saturated rings. The van der Waals surface area contributed by atoms with E-state index in [9.17, 15) is 13.2 Å². The molecule has 9 heteroatoms. The van der Waals surface area contributed by atoms with Crippen LogP contribution in [-0.4, -0.2) is 21.8 Å². The quantitative estimate of drug-likeness (QED) is 0.651. The number of ether oxygens (including phenoxy) is 1. The van der Waals surface area contributed by atoms with Gasteiger partial charge in [0, 0.05) is 23.0 Å². The summed E-state index contributed by atoms with van der Waals surface area (Å²) in [5.74, 6) is -1.03. The van der Waals surface area contributed by atoms with Gasteiger partial charge in [-0.15, -0.1) is 11.6 Å². The van der Waals surface area contributed by atoms with Crippen molar-refractivity contribution in [1.82, 2.24) is 9.78 Å². The molecule has 0 saturated carbocycles. The Morgan fingerprint density at radius 2 is 1.96 bits per heavy atom. The third kappa shape index (κ3) is 4.05. The number of aromatic nitrogens is 2. The van der Waals surface area contributed by atoms with Crippen molar-refractivity contribution in [3.63, 3.8) is 0 Å². The second-order valence-corrected chi connectivity index (χ2v) is 6.41. The lowest BCUT2D eigenvalue weighted by atomic mass is 10.0. The minimum absolute atomic E-state index is 0.0116. The Morgan fingerprint density at radius 1 is 1.30 bits per heavy atom. The molecule has 3 nitrogen and oxygen atoms in total. The number of rotatable bonds is 5. The van der Waals surface area contributed by atoms with Gasteiger partial charge in [0.1, 0.15) is 16.5 Å². The van der Waals surface area contributed by atoms with E-state index in [1.165, 1.54) is 13.1 Å². The van der Waals surface area contributed by atoms with E-state index in [2.05, 4.69) is 9.84 Å². The van der Waals surface area contributed by atoms with Crippen LogP contribution in [0.4, 0.5) is 13.2 Å². The molecule has 1 aromatic heterocycles. The first-order valence-electron chi connectivity index (χ1n) is 6.50. The van der Waals surface area contributed by atoms with Gasteiger partial charge >= 0.3 is 6.61 Å². The molecule has 0 spiro atoms. The summed E-state index contributed by atoms with van der Waals surface area (Å²) in [7, 11) is 1.36. The zero-order valence-corrected chi connectivity index (χ0v) is 14.4. The van der Waals surface area contributed by atoms with Crippen LogP contribution >= 0.6 is 34.8 Å². The van der Waals surface area contributed by atoms with Crippen molar-refractivity contribution in [3.05, 3.63) is 33.6 Å². The Hall–Kier alpha value is -1.11. The fourth-order valence-electron chi connectivity index (χ4n) is 2.10. The summed E-state index contributed by atoms with van der Waals surface area (Å²) < 4.78 is 44.3. The van der Waals surface area contributed by atoms with E-state index in [4.69, 9.17) is 34.8 Å². The van der Waals surface area contributed by atoms with Gasteiger partial charge in [-0.25, -0.2) is 9.07 Å². The maximum Gasteiger partial charge on any atom is 0.388 e. The fourth-order valence-corrected chi connectivity index (χ4v) is 2.80. The second kappa shape index (κ2) is 7.20. The van der Waals surface area contributed by atoms with Crippen LogP contribution in [0.2, 0.25) is 10.0 Å². The average molecular weight is 388 g/mol. The van der Waals surface area contributed by atoms with Gasteiger partial charge in [0.25, 0.3) is 0 Å². The monoisotopic (exact) mass is 386 g/mol. The molecule has 23 heavy (non-hydrogen) atoms. The third-order valence-electron chi connectivity index (χ3n) is 3.03. The standard InChI is InChI=1S/C14H12Cl3F3N2O/c1-6(15)3-7-4-8(10(18)5-9(7)16)12-11(17)13(22(2)21-12)23-14(19)20/h4-6,14H,3H2,1-2H3. The summed E-state index contributed by atoms with van der Waals surface area (Å²) in [6.45, 7) is -1.30. The summed E-state index contributed by atoms with van der Waals surface area (Å²) in [6.07, 6.45) is 0.401. The minimum atomic E-state index is -3.07. The molecule has 0 amide bonds. The van der Waals surface area contributed by atoms with Gasteiger partial charge < -0.3 is 4.74 Å². The van der Waals surface area contributed by atoms with E-state index in [1.54, 1.807) is 6.92 Å². The highest BCUT2D eigenvalue weighted by molar-refractivity contribution is 6.34. The molecule has 1 aromatic carbocycles. The van der Waals surface area contributed by atoms with Crippen LogP contribution in [0.1, 0.15) is 12.5 Å². The molecule has 0 bridgehead atoms. The molecule has 0 N–H and O–H groups in total. The number of halogens is 6. The van der Waals surface area contributed by atoms with Gasteiger partial charge in [-0.1, -0.05) is 23.2 Å². The second-order valence-electron chi connectivity index (χ2n) is 4.88. The summed E-state index contributed by atoms with van der Waals surface area (Å²) in [4.78, 5) is 0. The smallest absolute Gasteiger partial charge is 0.388 e. The predicted octanol–water partition coefficient (Wildman–Crippen LogP) is 5.30. The Kier molecular flexibility index (Phi) is 5.70. The number of aryl methyl sites for hydroxylation is 1. The van der Waals surface area contributed by atoms with Crippen molar-refractivity contribution >= 4 is 34.8 Å². The lowest BCUT2D eigenvalue weighted by molar-refractivity contribution is -0.0552. The summed E-state index contributed by atoms with van der Waals surface area (Å²) in [6, 6.07) is 2.57. The molecule has 1 atom stereocenters. The lowest BCUT2D eigenvalue weighted by Crippen LogP contribution is -2.06. The molecule has 1 unspecified atom stereocenters. The number of nitrogens with zero attached hydrogens (tertiary/aromatic N) is 2. The molecular formula is C14H12Cl3F3N2O. The number of benzene rings is 1. The maximum atomic E-state index is 14.2. The van der Waals surface area contributed by atoms with E-state index < -0.39 is 12.4 Å². The molecule has 126 valence electrons. The predicted molar refractivity (Wildman–Crippen MR) is 84.3 cm³/mol. The number of hydrogen-bond acceptors (Lipinski definition) is 2. The summed E-state index contributed by atoms with van der Waals surface area (Å²) in [5, 5.41) is 3.74. The van der Waals surface area contributed by atoms with Gasteiger partial charge in [0.2, 0.25) is 5.88 Å². The molecule has 0 aliphatic rings. The summed E-state index contributed by atoms with van der Waals surface area (Å²) >= 11 is 17.9. The largest absolute Gasteiger partial charge is 0.416 e. The van der Waals surface area contributed by atoms with Crippen molar-refractivity contribution < 1.29 is 17.9 Å².